The normalized spacial score (nSPS) is 10.9. The molecule has 0 radical (unpaired) electrons. The molecule has 0 spiro atoms. The number of hydrogen-bond acceptors (Lipinski definition) is 5. The van der Waals surface area contributed by atoms with Crippen LogP contribution in [0.5, 0.6) is 0 Å². The van der Waals surface area contributed by atoms with Gasteiger partial charge in [-0.3, -0.25) is 0 Å². The van der Waals surface area contributed by atoms with Crippen LogP contribution in [0.3, 0.4) is 0 Å². The van der Waals surface area contributed by atoms with Gasteiger partial charge < -0.3 is 18.8 Å². The number of rotatable bonds is 5. The van der Waals surface area contributed by atoms with E-state index in [1.807, 2.05) is 55.4 Å². The lowest BCUT2D eigenvalue weighted by molar-refractivity contribution is 0.0697. The predicted octanol–water partition coefficient (Wildman–Crippen LogP) is 6.35. The smallest absolute Gasteiger partial charge is 0.348 e. The Kier molecular flexibility index (Phi) is 8.19. The minimum atomic E-state index is -1.08. The van der Waals surface area contributed by atoms with Gasteiger partial charge >= 0.3 is 11.6 Å². The highest BCUT2D eigenvalue weighted by Gasteiger charge is 2.23. The molecular weight excluding hydrogens is 492 g/mol. The molecule has 0 bridgehead atoms. The van der Waals surface area contributed by atoms with Gasteiger partial charge in [-0.15, -0.1) is 0 Å². The van der Waals surface area contributed by atoms with Gasteiger partial charge in [0.05, 0.1) is 17.0 Å². The van der Waals surface area contributed by atoms with Gasteiger partial charge in [0.15, 0.2) is 5.58 Å². The fourth-order valence-corrected chi connectivity index (χ4v) is 4.76. The number of carboxylic acid groups (broad SMARTS) is 1. The summed E-state index contributed by atoms with van der Waals surface area (Å²) < 4.78 is 14.4. The van der Waals surface area contributed by atoms with E-state index in [2.05, 4.69) is 32.3 Å². The summed E-state index contributed by atoms with van der Waals surface area (Å²) in [5.74, 6) is -1.08. The average molecular weight is 528 g/mol. The molecule has 202 valence electrons. The van der Waals surface area contributed by atoms with Crippen LogP contribution in [0.25, 0.3) is 44.0 Å². The molecule has 0 atom stereocenters. The van der Waals surface area contributed by atoms with E-state index in [1.165, 1.54) is 12.5 Å². The van der Waals surface area contributed by atoms with Crippen LogP contribution in [0.4, 0.5) is 5.69 Å². The molecule has 1 N–H and O–H groups in total. The van der Waals surface area contributed by atoms with E-state index in [0.717, 1.165) is 24.1 Å². The Balaban J connectivity index is 0.00000112. The van der Waals surface area contributed by atoms with E-state index in [-0.39, 0.29) is 10.9 Å². The lowest BCUT2D eigenvalue weighted by atomic mass is 9.93. The van der Waals surface area contributed by atoms with E-state index >= 15 is 0 Å². The van der Waals surface area contributed by atoms with Crippen LogP contribution in [0.2, 0.25) is 0 Å². The van der Waals surface area contributed by atoms with Gasteiger partial charge in [0.1, 0.15) is 29.6 Å². The van der Waals surface area contributed by atoms with Gasteiger partial charge in [-0.05, 0) is 43.7 Å². The van der Waals surface area contributed by atoms with Gasteiger partial charge in [-0.25, -0.2) is 14.2 Å². The summed E-state index contributed by atoms with van der Waals surface area (Å²) in [4.78, 5) is 27.6. The summed E-state index contributed by atoms with van der Waals surface area (Å²) in [7, 11) is 3.86. The molecule has 7 nitrogen and oxygen atoms in total. The third-order valence-corrected chi connectivity index (χ3v) is 6.61. The molecule has 2 aromatic heterocycles. The molecule has 2 heterocycles. The van der Waals surface area contributed by atoms with Crippen molar-refractivity contribution in [3.8, 4) is 11.1 Å². The van der Waals surface area contributed by atoms with Crippen LogP contribution >= 0.6 is 0 Å². The molecule has 0 unspecified atom stereocenters. The van der Waals surface area contributed by atoms with Crippen LogP contribution in [-0.4, -0.2) is 38.3 Å². The number of nitrogens with zero attached hydrogens (tertiary/aromatic N) is 2. The van der Waals surface area contributed by atoms with Crippen molar-refractivity contribution >= 4 is 44.6 Å². The SMILES string of the molecule is CCC.CC[N+](CC)=c1ccc2c(c1)oc(=O)c1c(-c3ccccc3C(=O)O)c3ccc(N(C)C)cc3oc12. The van der Waals surface area contributed by atoms with Crippen molar-refractivity contribution < 1.29 is 18.7 Å². The maximum atomic E-state index is 13.5. The van der Waals surface area contributed by atoms with E-state index in [4.69, 9.17) is 8.83 Å². The number of aromatic carboxylic acids is 1. The van der Waals surface area contributed by atoms with Gasteiger partial charge in [-0.1, -0.05) is 38.5 Å². The maximum Gasteiger partial charge on any atom is 0.348 e. The number of benzene rings is 3. The minimum absolute atomic E-state index is 0.0966. The van der Waals surface area contributed by atoms with Gasteiger partial charge in [0.2, 0.25) is 5.36 Å². The van der Waals surface area contributed by atoms with Crippen LogP contribution < -0.4 is 20.5 Å². The van der Waals surface area contributed by atoms with E-state index < -0.39 is 11.6 Å². The van der Waals surface area contributed by atoms with Crippen LogP contribution in [-0.2, 0) is 0 Å². The number of anilines is 1. The highest BCUT2D eigenvalue weighted by atomic mass is 16.4. The second kappa shape index (κ2) is 11.6. The Morgan fingerprint density at radius 1 is 0.872 bits per heavy atom. The second-order valence-electron chi connectivity index (χ2n) is 9.56. The topological polar surface area (TPSA) is 86.9 Å². The van der Waals surface area contributed by atoms with Crippen molar-refractivity contribution in [1.82, 2.24) is 4.58 Å². The zero-order valence-corrected chi connectivity index (χ0v) is 23.4. The molecule has 0 aliphatic heterocycles. The van der Waals surface area contributed by atoms with Gasteiger partial charge in [0.25, 0.3) is 0 Å². The van der Waals surface area contributed by atoms with Crippen molar-refractivity contribution in [2.24, 2.45) is 0 Å². The Hall–Kier alpha value is -4.39. The number of hydrogen-bond donors (Lipinski definition) is 1. The molecule has 0 aliphatic carbocycles. The summed E-state index contributed by atoms with van der Waals surface area (Å²) in [6, 6.07) is 18.1. The van der Waals surface area contributed by atoms with Crippen molar-refractivity contribution in [3.05, 3.63) is 82.0 Å². The first-order valence-electron chi connectivity index (χ1n) is 13.3. The quantitative estimate of drug-likeness (QED) is 0.124. The molecule has 0 aliphatic rings. The van der Waals surface area contributed by atoms with Crippen molar-refractivity contribution in [3.63, 3.8) is 0 Å². The van der Waals surface area contributed by atoms with Crippen LogP contribution in [0.15, 0.2) is 74.3 Å². The summed E-state index contributed by atoms with van der Waals surface area (Å²) in [6.45, 7) is 10.0. The zero-order chi connectivity index (χ0) is 28.3. The standard InChI is InChI=1S/C29H26N2O5.C3H8/c1-5-31(6-2)18-12-14-22-24(16-18)36-29(34)26-25(19-9-7-8-10-20(19)28(32)33)21-13-11-17(30(3)4)15-23(21)35-27(22)26;1-3-2/h7-16H,5-6H2,1-4H3;3H2,1-2H3/p+1. The third kappa shape index (κ3) is 5.17. The largest absolute Gasteiger partial charge is 0.478 e. The second-order valence-corrected chi connectivity index (χ2v) is 9.56. The Morgan fingerprint density at radius 2 is 1.51 bits per heavy atom. The number of fused-ring (bicyclic) bond motifs is 4. The van der Waals surface area contributed by atoms with Crippen molar-refractivity contribution in [2.75, 3.05) is 32.1 Å². The minimum Gasteiger partial charge on any atom is -0.478 e. The van der Waals surface area contributed by atoms with Crippen molar-refractivity contribution in [2.45, 2.75) is 34.1 Å². The van der Waals surface area contributed by atoms with Gasteiger partial charge in [-0.2, -0.15) is 0 Å². The lowest BCUT2D eigenvalue weighted by Gasteiger charge is -2.16. The third-order valence-electron chi connectivity index (χ3n) is 6.61. The molecule has 7 heteroatoms. The fraction of sp³-hybridized carbons (Fsp3) is 0.281. The summed E-state index contributed by atoms with van der Waals surface area (Å²) in [5.41, 5.74) is 2.68. The highest BCUT2D eigenvalue weighted by molar-refractivity contribution is 6.16. The fourth-order valence-electron chi connectivity index (χ4n) is 4.76. The molecule has 39 heavy (non-hydrogen) atoms. The number of carboxylic acids is 1. The molecule has 5 aromatic rings. The molecule has 3 aromatic carbocycles. The summed E-state index contributed by atoms with van der Waals surface area (Å²) >= 11 is 0. The maximum absolute atomic E-state index is 13.5. The zero-order valence-electron chi connectivity index (χ0n) is 23.4. The Labute approximate surface area is 227 Å². The molecule has 5 rings (SSSR count). The van der Waals surface area contributed by atoms with Crippen LogP contribution in [0, 0.1) is 0 Å². The average Bonchev–Trinajstić information content (AvgIpc) is 2.92. The lowest BCUT2D eigenvalue weighted by Crippen LogP contribution is -2.29. The highest BCUT2D eigenvalue weighted by Crippen LogP contribution is 2.39. The molecule has 0 saturated heterocycles. The van der Waals surface area contributed by atoms with Crippen molar-refractivity contribution in [1.29, 1.82) is 0 Å². The first-order valence-corrected chi connectivity index (χ1v) is 13.3. The first kappa shape index (κ1) is 27.6. The van der Waals surface area contributed by atoms with E-state index in [0.29, 0.717) is 38.6 Å². The monoisotopic (exact) mass is 527 g/mol. The Morgan fingerprint density at radius 3 is 2.15 bits per heavy atom. The molecule has 0 saturated carbocycles. The van der Waals surface area contributed by atoms with Crippen LogP contribution in [0.1, 0.15) is 44.5 Å². The van der Waals surface area contributed by atoms with Gasteiger partial charge in [0, 0.05) is 42.9 Å². The predicted molar refractivity (Wildman–Crippen MR) is 159 cm³/mol. The summed E-state index contributed by atoms with van der Waals surface area (Å²) in [5, 5.41) is 12.4. The first-order chi connectivity index (χ1) is 18.7. The molecule has 0 amide bonds. The number of carbonyl (C=O) groups is 1. The molecular formula is C32H35N2O5+. The molecule has 0 fully saturated rings. The van der Waals surface area contributed by atoms with E-state index in [1.54, 1.807) is 18.2 Å². The Bertz CT molecular complexity index is 1810. The summed E-state index contributed by atoms with van der Waals surface area (Å²) in [6.07, 6.45) is 1.25. The van der Waals surface area contributed by atoms with E-state index in [9.17, 15) is 14.7 Å².